The van der Waals surface area contributed by atoms with Gasteiger partial charge in [0.1, 0.15) is 0 Å². The first-order valence-electron chi connectivity index (χ1n) is 5.44. The third-order valence-corrected chi connectivity index (χ3v) is 4.92. The summed E-state index contributed by atoms with van der Waals surface area (Å²) < 4.78 is 1.34. The molecule has 1 fully saturated rings. The SMILES string of the molecule is OCC1(c2cc3ccccc3s2)CCC1. The molecule has 0 radical (unpaired) electrons. The second-order valence-electron chi connectivity index (χ2n) is 4.44. The van der Waals surface area contributed by atoms with Gasteiger partial charge in [-0.15, -0.1) is 11.3 Å². The maximum atomic E-state index is 9.52. The third-order valence-electron chi connectivity index (χ3n) is 3.56. The van der Waals surface area contributed by atoms with E-state index in [9.17, 15) is 5.11 Å². The van der Waals surface area contributed by atoms with E-state index < -0.39 is 0 Å². The Hall–Kier alpha value is -0.860. The van der Waals surface area contributed by atoms with Gasteiger partial charge in [0, 0.05) is 15.0 Å². The van der Waals surface area contributed by atoms with E-state index >= 15 is 0 Å². The Labute approximate surface area is 93.4 Å². The lowest BCUT2D eigenvalue weighted by molar-refractivity contribution is 0.123. The van der Waals surface area contributed by atoms with Gasteiger partial charge < -0.3 is 5.11 Å². The van der Waals surface area contributed by atoms with E-state index in [2.05, 4.69) is 30.3 Å². The lowest BCUT2D eigenvalue weighted by Gasteiger charge is -2.39. The van der Waals surface area contributed by atoms with Crippen molar-refractivity contribution in [1.82, 2.24) is 0 Å². The molecule has 1 heterocycles. The fourth-order valence-corrected chi connectivity index (χ4v) is 3.63. The number of hydrogen-bond acceptors (Lipinski definition) is 2. The van der Waals surface area contributed by atoms with Crippen LogP contribution >= 0.6 is 11.3 Å². The minimum atomic E-state index is 0.101. The number of aliphatic hydroxyl groups excluding tert-OH is 1. The molecule has 0 atom stereocenters. The van der Waals surface area contributed by atoms with Crippen LogP contribution in [0.4, 0.5) is 0 Å². The largest absolute Gasteiger partial charge is 0.395 e. The van der Waals surface area contributed by atoms with Crippen LogP contribution < -0.4 is 0 Å². The fraction of sp³-hybridized carbons (Fsp3) is 0.385. The highest BCUT2D eigenvalue weighted by Gasteiger charge is 2.39. The van der Waals surface area contributed by atoms with Crippen LogP contribution in [0.3, 0.4) is 0 Å². The van der Waals surface area contributed by atoms with Gasteiger partial charge in [-0.25, -0.2) is 0 Å². The molecule has 1 saturated carbocycles. The highest BCUT2D eigenvalue weighted by Crippen LogP contribution is 2.47. The Morgan fingerprint density at radius 2 is 2.07 bits per heavy atom. The van der Waals surface area contributed by atoms with Crippen LogP contribution in [0.25, 0.3) is 10.1 Å². The molecule has 1 aromatic heterocycles. The Bertz CT molecular complexity index is 443. The Morgan fingerprint density at radius 1 is 1.27 bits per heavy atom. The standard InChI is InChI=1S/C13H14OS/c14-9-13(6-3-7-13)12-8-10-4-1-2-5-11(10)15-12/h1-2,4-5,8,14H,3,6-7,9H2. The maximum Gasteiger partial charge on any atom is 0.0535 e. The molecule has 1 aliphatic carbocycles. The van der Waals surface area contributed by atoms with Crippen LogP contribution in [0.15, 0.2) is 30.3 Å². The number of fused-ring (bicyclic) bond motifs is 1. The van der Waals surface area contributed by atoms with Crippen LogP contribution in [0.1, 0.15) is 24.1 Å². The van der Waals surface area contributed by atoms with E-state index in [1.807, 2.05) is 11.3 Å². The van der Waals surface area contributed by atoms with Crippen molar-refractivity contribution in [1.29, 1.82) is 0 Å². The van der Waals surface area contributed by atoms with Crippen LogP contribution in [0.5, 0.6) is 0 Å². The summed E-state index contributed by atoms with van der Waals surface area (Å²) in [5.74, 6) is 0. The molecule has 78 valence electrons. The Balaban J connectivity index is 2.11. The van der Waals surface area contributed by atoms with E-state index in [0.29, 0.717) is 6.61 Å². The highest BCUT2D eigenvalue weighted by atomic mass is 32.1. The van der Waals surface area contributed by atoms with Gasteiger partial charge in [0.25, 0.3) is 0 Å². The molecule has 15 heavy (non-hydrogen) atoms. The number of aliphatic hydroxyl groups is 1. The van der Waals surface area contributed by atoms with Crippen LogP contribution in [0, 0.1) is 0 Å². The Morgan fingerprint density at radius 3 is 2.67 bits per heavy atom. The number of benzene rings is 1. The molecule has 0 saturated heterocycles. The van der Waals surface area contributed by atoms with Gasteiger partial charge in [0.05, 0.1) is 6.61 Å². The molecule has 2 heteroatoms. The first-order chi connectivity index (χ1) is 7.34. The maximum absolute atomic E-state index is 9.52. The van der Waals surface area contributed by atoms with Crippen molar-refractivity contribution in [3.63, 3.8) is 0 Å². The summed E-state index contributed by atoms with van der Waals surface area (Å²) in [4.78, 5) is 1.37. The van der Waals surface area contributed by atoms with E-state index in [4.69, 9.17) is 0 Å². The van der Waals surface area contributed by atoms with Crippen molar-refractivity contribution in [2.45, 2.75) is 24.7 Å². The number of thiophene rings is 1. The van der Waals surface area contributed by atoms with Crippen molar-refractivity contribution in [2.75, 3.05) is 6.61 Å². The van der Waals surface area contributed by atoms with Crippen molar-refractivity contribution in [3.05, 3.63) is 35.2 Å². The molecule has 3 rings (SSSR count). The molecule has 0 aliphatic heterocycles. The molecular formula is C13H14OS. The quantitative estimate of drug-likeness (QED) is 0.820. The van der Waals surface area contributed by atoms with Crippen LogP contribution in [0.2, 0.25) is 0 Å². The molecule has 2 aromatic rings. The van der Waals surface area contributed by atoms with Gasteiger partial charge >= 0.3 is 0 Å². The van der Waals surface area contributed by atoms with E-state index in [-0.39, 0.29) is 5.41 Å². The molecule has 0 unspecified atom stereocenters. The molecule has 0 spiro atoms. The average Bonchev–Trinajstić information content (AvgIpc) is 2.60. The first kappa shape index (κ1) is 9.37. The lowest BCUT2D eigenvalue weighted by Crippen LogP contribution is -2.36. The molecule has 1 aromatic carbocycles. The summed E-state index contributed by atoms with van der Waals surface area (Å²) in [6.45, 7) is 0.305. The average molecular weight is 218 g/mol. The molecule has 1 aliphatic rings. The smallest absolute Gasteiger partial charge is 0.0535 e. The lowest BCUT2D eigenvalue weighted by atomic mass is 9.68. The van der Waals surface area contributed by atoms with E-state index in [0.717, 1.165) is 12.8 Å². The normalized spacial score (nSPS) is 19.0. The van der Waals surface area contributed by atoms with Crippen LogP contribution in [-0.4, -0.2) is 11.7 Å². The van der Waals surface area contributed by atoms with Crippen LogP contribution in [-0.2, 0) is 5.41 Å². The molecule has 1 N–H and O–H groups in total. The van der Waals surface area contributed by atoms with E-state index in [1.54, 1.807) is 0 Å². The van der Waals surface area contributed by atoms with E-state index in [1.165, 1.54) is 21.4 Å². The number of hydrogen-bond donors (Lipinski definition) is 1. The van der Waals surface area contributed by atoms with Gasteiger partial charge in [0.2, 0.25) is 0 Å². The highest BCUT2D eigenvalue weighted by molar-refractivity contribution is 7.19. The fourth-order valence-electron chi connectivity index (χ4n) is 2.33. The molecule has 1 nitrogen and oxygen atoms in total. The van der Waals surface area contributed by atoms with Crippen molar-refractivity contribution in [3.8, 4) is 0 Å². The molecular weight excluding hydrogens is 204 g/mol. The van der Waals surface area contributed by atoms with Gasteiger partial charge in [-0.1, -0.05) is 24.6 Å². The zero-order valence-electron chi connectivity index (χ0n) is 8.57. The molecule has 0 amide bonds. The predicted octanol–water partition coefficient (Wildman–Crippen LogP) is 3.32. The molecule has 0 bridgehead atoms. The minimum Gasteiger partial charge on any atom is -0.395 e. The second kappa shape index (κ2) is 3.32. The van der Waals surface area contributed by atoms with Gasteiger partial charge in [0.15, 0.2) is 0 Å². The number of rotatable bonds is 2. The summed E-state index contributed by atoms with van der Waals surface area (Å²) in [5.41, 5.74) is 0.101. The summed E-state index contributed by atoms with van der Waals surface area (Å²) in [6.07, 6.45) is 3.56. The summed E-state index contributed by atoms with van der Waals surface area (Å²) in [5, 5.41) is 10.8. The summed E-state index contributed by atoms with van der Waals surface area (Å²) in [7, 11) is 0. The van der Waals surface area contributed by atoms with Crippen molar-refractivity contribution >= 4 is 21.4 Å². The second-order valence-corrected chi connectivity index (χ2v) is 5.52. The summed E-state index contributed by atoms with van der Waals surface area (Å²) >= 11 is 1.84. The predicted molar refractivity (Wildman–Crippen MR) is 64.4 cm³/mol. The zero-order valence-corrected chi connectivity index (χ0v) is 9.39. The summed E-state index contributed by atoms with van der Waals surface area (Å²) in [6, 6.07) is 10.7. The van der Waals surface area contributed by atoms with Crippen molar-refractivity contribution < 1.29 is 5.11 Å². The first-order valence-corrected chi connectivity index (χ1v) is 6.26. The van der Waals surface area contributed by atoms with Crippen molar-refractivity contribution in [2.24, 2.45) is 0 Å². The zero-order chi connectivity index (χ0) is 10.3. The Kier molecular flexibility index (Phi) is 2.08. The minimum absolute atomic E-state index is 0.101. The van der Waals surface area contributed by atoms with Gasteiger partial charge in [-0.05, 0) is 30.4 Å². The monoisotopic (exact) mass is 218 g/mol. The third kappa shape index (κ3) is 1.32. The van der Waals surface area contributed by atoms with Gasteiger partial charge in [-0.3, -0.25) is 0 Å². The topological polar surface area (TPSA) is 20.2 Å². The van der Waals surface area contributed by atoms with Gasteiger partial charge in [-0.2, -0.15) is 0 Å².